The van der Waals surface area contributed by atoms with E-state index in [1.54, 1.807) is 6.07 Å². The molecule has 3 heteroatoms. The predicted molar refractivity (Wildman–Crippen MR) is 85.8 cm³/mol. The molecule has 2 aromatic carbocycles. The highest BCUT2D eigenvalue weighted by Gasteiger charge is 2.14. The lowest BCUT2D eigenvalue weighted by Crippen LogP contribution is -2.20. The average Bonchev–Trinajstić information content (AvgIpc) is 2.45. The summed E-state index contributed by atoms with van der Waals surface area (Å²) in [6.07, 6.45) is 0. The molecule has 0 unspecified atom stereocenters. The Hall–Kier alpha value is -2.29. The number of rotatable bonds is 4. The minimum atomic E-state index is -0.308. The van der Waals surface area contributed by atoms with E-state index in [0.29, 0.717) is 5.56 Å². The largest absolute Gasteiger partial charge is 0.465 e. The first-order valence-electron chi connectivity index (χ1n) is 6.97. The van der Waals surface area contributed by atoms with Crippen molar-refractivity contribution in [2.24, 2.45) is 0 Å². The van der Waals surface area contributed by atoms with E-state index in [2.05, 4.69) is 36.9 Å². The Morgan fingerprint density at radius 1 is 1.10 bits per heavy atom. The highest BCUT2D eigenvalue weighted by atomic mass is 16.5. The van der Waals surface area contributed by atoms with Gasteiger partial charge in [0.05, 0.1) is 18.4 Å². The van der Waals surface area contributed by atoms with Gasteiger partial charge in [0.2, 0.25) is 0 Å². The Morgan fingerprint density at radius 2 is 1.71 bits per heavy atom. The minimum absolute atomic E-state index is 0.308. The Bertz CT molecular complexity index is 629. The molecule has 110 valence electrons. The van der Waals surface area contributed by atoms with Crippen LogP contribution >= 0.6 is 0 Å². The van der Waals surface area contributed by atoms with Crippen molar-refractivity contribution in [2.45, 2.75) is 20.4 Å². The summed E-state index contributed by atoms with van der Waals surface area (Å²) in [7, 11) is 3.39. The molecule has 0 heterocycles. The molecule has 0 atom stereocenters. The van der Waals surface area contributed by atoms with Crippen LogP contribution in [-0.2, 0) is 11.3 Å². The van der Waals surface area contributed by atoms with E-state index in [0.717, 1.165) is 12.2 Å². The standard InChI is InChI=1S/C18H21NO2/c1-13-9-14(2)11-15(10-13)12-19(3)17-8-6-5-7-16(17)18(20)21-4/h5-11H,12H2,1-4H3. The van der Waals surface area contributed by atoms with Crippen LogP contribution in [0.4, 0.5) is 5.69 Å². The number of methoxy groups -OCH3 is 1. The Kier molecular flexibility index (Phi) is 4.63. The van der Waals surface area contributed by atoms with Crippen molar-refractivity contribution in [3.05, 3.63) is 64.7 Å². The molecule has 3 nitrogen and oxygen atoms in total. The van der Waals surface area contributed by atoms with Crippen LogP contribution in [0.1, 0.15) is 27.0 Å². The molecule has 0 fully saturated rings. The van der Waals surface area contributed by atoms with Gasteiger partial charge in [0.15, 0.2) is 0 Å². The molecular formula is C18H21NO2. The van der Waals surface area contributed by atoms with E-state index in [1.807, 2.05) is 25.2 Å². The topological polar surface area (TPSA) is 29.5 Å². The van der Waals surface area contributed by atoms with Crippen LogP contribution < -0.4 is 4.90 Å². The maximum atomic E-state index is 11.9. The van der Waals surface area contributed by atoms with Crippen LogP contribution in [0.25, 0.3) is 0 Å². The molecule has 0 radical (unpaired) electrons. The minimum Gasteiger partial charge on any atom is -0.465 e. The number of aryl methyl sites for hydroxylation is 2. The number of ether oxygens (including phenoxy) is 1. The smallest absolute Gasteiger partial charge is 0.339 e. The van der Waals surface area contributed by atoms with Gasteiger partial charge in [0, 0.05) is 13.6 Å². The van der Waals surface area contributed by atoms with Gasteiger partial charge in [-0.25, -0.2) is 4.79 Å². The predicted octanol–water partition coefficient (Wildman–Crippen LogP) is 3.73. The van der Waals surface area contributed by atoms with Crippen molar-refractivity contribution in [3.63, 3.8) is 0 Å². The van der Waals surface area contributed by atoms with Crippen LogP contribution in [0.3, 0.4) is 0 Å². The fourth-order valence-electron chi connectivity index (χ4n) is 2.61. The first-order chi connectivity index (χ1) is 10.0. The zero-order chi connectivity index (χ0) is 15.4. The van der Waals surface area contributed by atoms with Gasteiger partial charge < -0.3 is 9.64 Å². The zero-order valence-corrected chi connectivity index (χ0v) is 13.0. The van der Waals surface area contributed by atoms with Gasteiger partial charge in [-0.05, 0) is 31.5 Å². The molecule has 0 bridgehead atoms. The highest BCUT2D eigenvalue weighted by Crippen LogP contribution is 2.22. The van der Waals surface area contributed by atoms with Crippen molar-refractivity contribution in [1.29, 1.82) is 0 Å². The molecule has 0 spiro atoms. The lowest BCUT2D eigenvalue weighted by Gasteiger charge is -2.22. The van der Waals surface area contributed by atoms with Crippen molar-refractivity contribution >= 4 is 11.7 Å². The fourth-order valence-corrected chi connectivity index (χ4v) is 2.61. The number of esters is 1. The average molecular weight is 283 g/mol. The van der Waals surface area contributed by atoms with Gasteiger partial charge >= 0.3 is 5.97 Å². The second kappa shape index (κ2) is 6.44. The van der Waals surface area contributed by atoms with E-state index in [1.165, 1.54) is 23.8 Å². The Morgan fingerprint density at radius 3 is 2.33 bits per heavy atom. The van der Waals surface area contributed by atoms with E-state index < -0.39 is 0 Å². The molecule has 2 rings (SSSR count). The van der Waals surface area contributed by atoms with Gasteiger partial charge in [-0.1, -0.05) is 41.5 Å². The van der Waals surface area contributed by atoms with Gasteiger partial charge in [-0.15, -0.1) is 0 Å². The first-order valence-corrected chi connectivity index (χ1v) is 6.97. The number of benzene rings is 2. The quantitative estimate of drug-likeness (QED) is 0.801. The Balaban J connectivity index is 2.28. The van der Waals surface area contributed by atoms with Crippen LogP contribution in [-0.4, -0.2) is 20.1 Å². The highest BCUT2D eigenvalue weighted by molar-refractivity contribution is 5.95. The molecule has 0 aliphatic carbocycles. The lowest BCUT2D eigenvalue weighted by molar-refractivity contribution is 0.0601. The molecule has 0 aromatic heterocycles. The molecule has 0 amide bonds. The first kappa shape index (κ1) is 15.1. The summed E-state index contributed by atoms with van der Waals surface area (Å²) >= 11 is 0. The van der Waals surface area contributed by atoms with Gasteiger partial charge in [0.1, 0.15) is 0 Å². The molecule has 0 aliphatic rings. The summed E-state index contributed by atoms with van der Waals surface area (Å²) < 4.78 is 4.85. The third kappa shape index (κ3) is 3.63. The number of para-hydroxylation sites is 1. The molecule has 2 aromatic rings. The molecule has 0 N–H and O–H groups in total. The van der Waals surface area contributed by atoms with Crippen molar-refractivity contribution in [3.8, 4) is 0 Å². The number of nitrogens with zero attached hydrogens (tertiary/aromatic N) is 1. The van der Waals surface area contributed by atoms with Gasteiger partial charge in [-0.3, -0.25) is 0 Å². The third-order valence-corrected chi connectivity index (χ3v) is 3.42. The fraction of sp³-hybridized carbons (Fsp3) is 0.278. The van der Waals surface area contributed by atoms with Crippen LogP contribution in [0, 0.1) is 13.8 Å². The van der Waals surface area contributed by atoms with Gasteiger partial charge in [0.25, 0.3) is 0 Å². The number of anilines is 1. The summed E-state index contributed by atoms with van der Waals surface area (Å²) in [6.45, 7) is 4.94. The van der Waals surface area contributed by atoms with E-state index in [9.17, 15) is 4.79 Å². The summed E-state index contributed by atoms with van der Waals surface area (Å²) in [6, 6.07) is 14.0. The number of hydrogen-bond acceptors (Lipinski definition) is 3. The number of hydrogen-bond donors (Lipinski definition) is 0. The lowest BCUT2D eigenvalue weighted by atomic mass is 10.1. The SMILES string of the molecule is COC(=O)c1ccccc1N(C)Cc1cc(C)cc(C)c1. The molecule has 0 saturated heterocycles. The molecule has 0 aliphatic heterocycles. The van der Waals surface area contributed by atoms with Crippen LogP contribution in [0.5, 0.6) is 0 Å². The van der Waals surface area contributed by atoms with Gasteiger partial charge in [-0.2, -0.15) is 0 Å². The van der Waals surface area contributed by atoms with Crippen LogP contribution in [0.2, 0.25) is 0 Å². The summed E-state index contributed by atoms with van der Waals surface area (Å²) in [5.41, 5.74) is 5.20. The summed E-state index contributed by atoms with van der Waals surface area (Å²) in [4.78, 5) is 13.9. The summed E-state index contributed by atoms with van der Waals surface area (Å²) in [5.74, 6) is -0.308. The number of carbonyl (C=O) groups excluding carboxylic acids is 1. The molecule has 21 heavy (non-hydrogen) atoms. The zero-order valence-electron chi connectivity index (χ0n) is 13.0. The van der Waals surface area contributed by atoms with Crippen molar-refractivity contribution < 1.29 is 9.53 Å². The second-order valence-corrected chi connectivity index (χ2v) is 5.36. The maximum Gasteiger partial charge on any atom is 0.339 e. The summed E-state index contributed by atoms with van der Waals surface area (Å²) in [5, 5.41) is 0. The third-order valence-electron chi connectivity index (χ3n) is 3.42. The van der Waals surface area contributed by atoms with Crippen molar-refractivity contribution in [1.82, 2.24) is 0 Å². The van der Waals surface area contributed by atoms with Crippen LogP contribution in [0.15, 0.2) is 42.5 Å². The van der Waals surface area contributed by atoms with Crippen molar-refractivity contribution in [2.75, 3.05) is 19.1 Å². The maximum absolute atomic E-state index is 11.9. The monoisotopic (exact) mass is 283 g/mol. The number of carbonyl (C=O) groups is 1. The normalized spacial score (nSPS) is 10.3. The van der Waals surface area contributed by atoms with E-state index >= 15 is 0 Å². The van der Waals surface area contributed by atoms with E-state index in [4.69, 9.17) is 4.74 Å². The molecule has 0 saturated carbocycles. The van der Waals surface area contributed by atoms with E-state index in [-0.39, 0.29) is 5.97 Å². The second-order valence-electron chi connectivity index (χ2n) is 5.36. The Labute approximate surface area is 126 Å². The molecular weight excluding hydrogens is 262 g/mol.